The van der Waals surface area contributed by atoms with Crippen LogP contribution in [0.15, 0.2) is 34.7 Å². The van der Waals surface area contributed by atoms with Crippen molar-refractivity contribution in [1.29, 1.82) is 0 Å². The number of amides is 1. The number of benzene rings is 1. The number of carbonyl (C=O) groups excluding carboxylic acids is 1. The Labute approximate surface area is 124 Å². The average molecular weight is 311 g/mol. The van der Waals surface area contributed by atoms with E-state index in [1.165, 1.54) is 18.3 Å². The molecule has 0 saturated carbocycles. The number of para-hydroxylation sites is 1. The fourth-order valence-corrected chi connectivity index (χ4v) is 3.70. The number of rotatable bonds is 5. The zero-order valence-corrected chi connectivity index (χ0v) is 12.8. The quantitative estimate of drug-likeness (QED) is 0.524. The number of nitrogens with one attached hydrogen (secondary N) is 1. The van der Waals surface area contributed by atoms with Crippen molar-refractivity contribution >= 4 is 41.2 Å². The maximum Gasteiger partial charge on any atom is 0.216 e. The molecule has 1 N–H and O–H groups in total. The Hall–Kier alpha value is -1.18. The summed E-state index contributed by atoms with van der Waals surface area (Å²) in [5.41, 5.74) is 0.970. The molecule has 0 aliphatic carbocycles. The molecule has 0 saturated heterocycles. The molecule has 0 spiro atoms. The van der Waals surface area contributed by atoms with Crippen molar-refractivity contribution in [2.24, 2.45) is 0 Å². The molecular weight excluding hydrogens is 298 g/mol. The fraction of sp³-hybridized carbons (Fsp3) is 0.250. The van der Waals surface area contributed by atoms with Gasteiger partial charge in [0.2, 0.25) is 5.91 Å². The molecule has 0 fully saturated rings. The minimum Gasteiger partial charge on any atom is -0.356 e. The van der Waals surface area contributed by atoms with Crippen LogP contribution >= 0.6 is 35.3 Å². The number of aromatic nitrogens is 2. The summed E-state index contributed by atoms with van der Waals surface area (Å²) in [7, 11) is 0. The van der Waals surface area contributed by atoms with E-state index in [9.17, 15) is 4.79 Å². The lowest BCUT2D eigenvalue weighted by atomic mass is 10.3. The molecule has 0 aliphatic heterocycles. The first-order chi connectivity index (χ1) is 9.16. The Bertz CT molecular complexity index is 606. The summed E-state index contributed by atoms with van der Waals surface area (Å²) in [4.78, 5) is 10.7. The van der Waals surface area contributed by atoms with Crippen LogP contribution in [0.5, 0.6) is 0 Å². The van der Waals surface area contributed by atoms with Crippen molar-refractivity contribution in [2.75, 3.05) is 12.3 Å². The molecule has 7 heteroatoms. The van der Waals surface area contributed by atoms with Gasteiger partial charge in [-0.3, -0.25) is 4.79 Å². The first-order valence-electron chi connectivity index (χ1n) is 5.69. The first kappa shape index (κ1) is 14.2. The van der Waals surface area contributed by atoms with Gasteiger partial charge in [-0.05, 0) is 24.4 Å². The van der Waals surface area contributed by atoms with Gasteiger partial charge in [-0.1, -0.05) is 41.3 Å². The molecule has 1 aromatic carbocycles. The third kappa shape index (κ3) is 4.15. The Morgan fingerprint density at radius 1 is 1.47 bits per heavy atom. The fourth-order valence-electron chi connectivity index (χ4n) is 1.42. The average Bonchev–Trinajstić information content (AvgIpc) is 2.77. The van der Waals surface area contributed by atoms with E-state index in [0.29, 0.717) is 6.54 Å². The lowest BCUT2D eigenvalue weighted by Gasteiger charge is -2.00. The van der Waals surface area contributed by atoms with Crippen LogP contribution in [0, 0.1) is 3.95 Å². The number of nitrogens with zero attached hydrogens (tertiary/aromatic N) is 2. The van der Waals surface area contributed by atoms with Crippen molar-refractivity contribution in [2.45, 2.75) is 11.3 Å². The van der Waals surface area contributed by atoms with Gasteiger partial charge in [0, 0.05) is 19.2 Å². The van der Waals surface area contributed by atoms with E-state index in [1.807, 2.05) is 30.3 Å². The van der Waals surface area contributed by atoms with E-state index in [2.05, 4.69) is 10.4 Å². The third-order valence-electron chi connectivity index (χ3n) is 2.23. The minimum absolute atomic E-state index is 0.0111. The molecule has 0 atom stereocenters. The van der Waals surface area contributed by atoms with E-state index in [4.69, 9.17) is 12.2 Å². The zero-order valence-electron chi connectivity index (χ0n) is 10.3. The second-order valence-electron chi connectivity index (χ2n) is 3.71. The van der Waals surface area contributed by atoms with Gasteiger partial charge in [-0.15, -0.1) is 5.10 Å². The van der Waals surface area contributed by atoms with Crippen LogP contribution in [-0.2, 0) is 4.79 Å². The molecule has 2 rings (SSSR count). The van der Waals surface area contributed by atoms with Crippen molar-refractivity contribution in [1.82, 2.24) is 15.1 Å². The molecule has 19 heavy (non-hydrogen) atoms. The van der Waals surface area contributed by atoms with Crippen LogP contribution in [0.3, 0.4) is 0 Å². The van der Waals surface area contributed by atoms with Crippen molar-refractivity contribution in [3.05, 3.63) is 34.3 Å². The molecular formula is C12H13N3OS3. The summed E-state index contributed by atoms with van der Waals surface area (Å²) in [6, 6.07) is 9.82. The van der Waals surface area contributed by atoms with Crippen LogP contribution in [0.2, 0.25) is 0 Å². The second kappa shape index (κ2) is 6.83. The number of thioether (sulfide) groups is 1. The van der Waals surface area contributed by atoms with Crippen LogP contribution < -0.4 is 5.32 Å². The highest BCUT2D eigenvalue weighted by Crippen LogP contribution is 2.23. The summed E-state index contributed by atoms with van der Waals surface area (Å²) >= 11 is 8.39. The molecule has 0 unspecified atom stereocenters. The van der Waals surface area contributed by atoms with E-state index in [-0.39, 0.29) is 5.91 Å². The first-order valence-corrected chi connectivity index (χ1v) is 7.90. The molecule has 4 nitrogen and oxygen atoms in total. The van der Waals surface area contributed by atoms with Gasteiger partial charge in [0.05, 0.1) is 5.69 Å². The SMILES string of the molecule is CC(=O)NCCSc1nn(-c2ccccc2)c(=S)s1. The number of carbonyl (C=O) groups is 1. The van der Waals surface area contributed by atoms with Crippen LogP contribution in [0.1, 0.15) is 6.92 Å². The molecule has 0 aliphatic rings. The maximum atomic E-state index is 10.7. The van der Waals surface area contributed by atoms with Crippen molar-refractivity contribution in [3.63, 3.8) is 0 Å². The summed E-state index contributed by atoms with van der Waals surface area (Å²) in [6.45, 7) is 2.15. The van der Waals surface area contributed by atoms with Crippen LogP contribution in [0.25, 0.3) is 5.69 Å². The summed E-state index contributed by atoms with van der Waals surface area (Å²) < 4.78 is 3.41. The smallest absolute Gasteiger partial charge is 0.216 e. The second-order valence-corrected chi connectivity index (χ2v) is 6.68. The van der Waals surface area contributed by atoms with Crippen LogP contribution in [0.4, 0.5) is 0 Å². The molecule has 2 aromatic rings. The normalized spacial score (nSPS) is 10.4. The molecule has 100 valence electrons. The standard InChI is InChI=1S/C12H13N3OS3/c1-9(16)13-7-8-18-11-14-15(12(17)19-11)10-5-3-2-4-6-10/h2-6H,7-8H2,1H3,(H,13,16). The predicted molar refractivity (Wildman–Crippen MR) is 81.7 cm³/mol. The maximum absolute atomic E-state index is 10.7. The third-order valence-corrected chi connectivity index (χ3v) is 4.60. The molecule has 1 amide bonds. The summed E-state index contributed by atoms with van der Waals surface area (Å²) in [5.74, 6) is 0.777. The van der Waals surface area contributed by atoms with Gasteiger partial charge >= 0.3 is 0 Å². The van der Waals surface area contributed by atoms with Crippen molar-refractivity contribution < 1.29 is 4.79 Å². The zero-order chi connectivity index (χ0) is 13.7. The molecule has 0 radical (unpaired) electrons. The van der Waals surface area contributed by atoms with E-state index in [1.54, 1.807) is 16.4 Å². The highest BCUT2D eigenvalue weighted by Gasteiger charge is 2.05. The monoisotopic (exact) mass is 311 g/mol. The van der Waals surface area contributed by atoms with Gasteiger partial charge < -0.3 is 5.32 Å². The predicted octanol–water partition coefficient (Wildman–Crippen LogP) is 2.89. The minimum atomic E-state index is -0.0111. The number of hydrogen-bond donors (Lipinski definition) is 1. The lowest BCUT2D eigenvalue weighted by Crippen LogP contribution is -2.22. The van der Waals surface area contributed by atoms with Gasteiger partial charge in [0.1, 0.15) is 0 Å². The van der Waals surface area contributed by atoms with E-state index < -0.39 is 0 Å². The van der Waals surface area contributed by atoms with E-state index in [0.717, 1.165) is 19.7 Å². The Morgan fingerprint density at radius 2 is 2.21 bits per heavy atom. The molecule has 1 aromatic heterocycles. The van der Waals surface area contributed by atoms with E-state index >= 15 is 0 Å². The van der Waals surface area contributed by atoms with Gasteiger partial charge in [0.15, 0.2) is 8.29 Å². The van der Waals surface area contributed by atoms with Gasteiger partial charge in [-0.2, -0.15) is 0 Å². The topological polar surface area (TPSA) is 46.9 Å². The van der Waals surface area contributed by atoms with Crippen molar-refractivity contribution in [3.8, 4) is 5.69 Å². The Morgan fingerprint density at radius 3 is 2.89 bits per heavy atom. The van der Waals surface area contributed by atoms with Gasteiger partial charge in [0.25, 0.3) is 0 Å². The highest BCUT2D eigenvalue weighted by atomic mass is 32.2. The van der Waals surface area contributed by atoms with Crippen LogP contribution in [-0.4, -0.2) is 28.0 Å². The molecule has 1 heterocycles. The molecule has 0 bridgehead atoms. The number of hydrogen-bond acceptors (Lipinski definition) is 5. The Kier molecular flexibility index (Phi) is 5.12. The van der Waals surface area contributed by atoms with Gasteiger partial charge in [-0.25, -0.2) is 4.68 Å². The highest BCUT2D eigenvalue weighted by molar-refractivity contribution is 8.01. The summed E-state index contributed by atoms with van der Waals surface area (Å²) in [6.07, 6.45) is 0. The summed E-state index contributed by atoms with van der Waals surface area (Å²) in [5, 5.41) is 7.23. The Balaban J connectivity index is 2.01. The largest absolute Gasteiger partial charge is 0.356 e. The lowest BCUT2D eigenvalue weighted by molar-refractivity contribution is -0.118.